The van der Waals surface area contributed by atoms with Gasteiger partial charge < -0.3 is 19.3 Å². The molecule has 1 aliphatic heterocycles. The molecule has 2 heterocycles. The molecule has 0 amide bonds. The maximum Gasteiger partial charge on any atom is 0.508 e. The molecule has 2 rings (SSSR count). The van der Waals surface area contributed by atoms with Gasteiger partial charge in [-0.05, 0) is 13.0 Å². The van der Waals surface area contributed by atoms with Crippen LogP contribution in [0.1, 0.15) is 18.2 Å². The van der Waals surface area contributed by atoms with E-state index in [0.717, 1.165) is 6.04 Å². The third-order valence-corrected chi connectivity index (χ3v) is 5.80. The van der Waals surface area contributed by atoms with E-state index in [9.17, 15) is 19.5 Å². The fraction of sp³-hybridized carbons (Fsp3) is 0.688. The van der Waals surface area contributed by atoms with Gasteiger partial charge in [0.05, 0.1) is 12.7 Å². The van der Waals surface area contributed by atoms with Gasteiger partial charge >= 0.3 is 11.8 Å². The number of nitrogens with zero attached hydrogens (tertiary/aromatic N) is 1. The van der Waals surface area contributed by atoms with Crippen LogP contribution in [0.15, 0.2) is 15.8 Å². The van der Waals surface area contributed by atoms with Gasteiger partial charge in [-0.25, -0.2) is 9.59 Å². The summed E-state index contributed by atoms with van der Waals surface area (Å²) in [7, 11) is -1.30. The first-order valence-corrected chi connectivity index (χ1v) is 12.2. The van der Waals surface area contributed by atoms with Gasteiger partial charge in [0, 0.05) is 26.3 Å². The first kappa shape index (κ1) is 20.4. The van der Waals surface area contributed by atoms with E-state index >= 15 is 0 Å². The number of rotatable bonds is 6. The van der Waals surface area contributed by atoms with E-state index in [2.05, 4.69) is 24.6 Å². The topological polar surface area (TPSA) is 120 Å². The van der Waals surface area contributed by atoms with Gasteiger partial charge in [0.1, 0.15) is 18.9 Å². The third kappa shape index (κ3) is 5.54. The van der Waals surface area contributed by atoms with E-state index in [0.29, 0.717) is 12.2 Å². The first-order chi connectivity index (χ1) is 12.1. The number of aryl methyl sites for hydroxylation is 1. The van der Waals surface area contributed by atoms with Gasteiger partial charge in [0.15, 0.2) is 0 Å². The van der Waals surface area contributed by atoms with Crippen molar-refractivity contribution in [1.82, 2.24) is 9.55 Å². The Labute approximate surface area is 151 Å². The van der Waals surface area contributed by atoms with Crippen LogP contribution in [0, 0.1) is 6.92 Å². The number of aromatic amines is 1. The van der Waals surface area contributed by atoms with Crippen molar-refractivity contribution in [3.8, 4) is 0 Å². The van der Waals surface area contributed by atoms with Crippen molar-refractivity contribution in [1.29, 1.82) is 0 Å². The Morgan fingerprint density at radius 3 is 2.73 bits per heavy atom. The summed E-state index contributed by atoms with van der Waals surface area (Å²) in [5.74, 6) is 0. The van der Waals surface area contributed by atoms with Crippen molar-refractivity contribution in [3.05, 3.63) is 32.6 Å². The highest BCUT2D eigenvalue weighted by Gasteiger charge is 2.36. The number of aliphatic hydroxyl groups excluding tert-OH is 1. The minimum absolute atomic E-state index is 0.143. The Balaban J connectivity index is 1.87. The zero-order valence-electron chi connectivity index (χ0n) is 15.5. The minimum atomic E-state index is -1.30. The zero-order valence-corrected chi connectivity index (χ0v) is 16.5. The van der Waals surface area contributed by atoms with Crippen molar-refractivity contribution in [2.45, 2.75) is 57.5 Å². The predicted octanol–water partition coefficient (Wildman–Crippen LogP) is 0.985. The molecule has 10 heteroatoms. The number of ether oxygens (including phenoxy) is 3. The van der Waals surface area contributed by atoms with E-state index in [1.165, 1.54) is 10.8 Å². The van der Waals surface area contributed by atoms with Crippen LogP contribution in [0.25, 0.3) is 0 Å². The van der Waals surface area contributed by atoms with Gasteiger partial charge in [-0.15, -0.1) is 0 Å². The quantitative estimate of drug-likeness (QED) is 0.552. The van der Waals surface area contributed by atoms with Crippen molar-refractivity contribution in [2.75, 3.05) is 13.2 Å². The lowest BCUT2D eigenvalue weighted by Crippen LogP contribution is -2.33. The van der Waals surface area contributed by atoms with Crippen molar-refractivity contribution >= 4 is 14.2 Å². The summed E-state index contributed by atoms with van der Waals surface area (Å²) >= 11 is 0. The second-order valence-corrected chi connectivity index (χ2v) is 13.3. The zero-order chi connectivity index (χ0) is 19.5. The summed E-state index contributed by atoms with van der Waals surface area (Å²) in [6.45, 7) is 8.20. The third-order valence-electron chi connectivity index (χ3n) is 4.10. The lowest BCUT2D eigenvalue weighted by Gasteiger charge is -2.17. The molecule has 0 bridgehead atoms. The number of hydrogen-bond donors (Lipinski definition) is 2. The minimum Gasteiger partial charge on any atom is -0.435 e. The van der Waals surface area contributed by atoms with Crippen LogP contribution in [0.5, 0.6) is 0 Å². The molecule has 26 heavy (non-hydrogen) atoms. The summed E-state index contributed by atoms with van der Waals surface area (Å²) in [4.78, 5) is 37.1. The van der Waals surface area contributed by atoms with Gasteiger partial charge in [0.2, 0.25) is 0 Å². The second-order valence-electron chi connectivity index (χ2n) is 7.63. The summed E-state index contributed by atoms with van der Waals surface area (Å²) in [5, 5.41) is 10.1. The van der Waals surface area contributed by atoms with E-state index in [4.69, 9.17) is 14.2 Å². The Kier molecular flexibility index (Phi) is 6.42. The molecule has 146 valence electrons. The highest BCUT2D eigenvalue weighted by atomic mass is 28.3. The Morgan fingerprint density at radius 2 is 2.08 bits per heavy atom. The monoisotopic (exact) mass is 386 g/mol. The maximum atomic E-state index is 11.9. The highest BCUT2D eigenvalue weighted by Crippen LogP contribution is 2.27. The molecule has 1 aromatic heterocycles. The van der Waals surface area contributed by atoms with Crippen LogP contribution in [-0.4, -0.2) is 54.3 Å². The van der Waals surface area contributed by atoms with Gasteiger partial charge in [-0.3, -0.25) is 14.3 Å². The van der Waals surface area contributed by atoms with Crippen LogP contribution in [-0.2, 0) is 14.2 Å². The van der Waals surface area contributed by atoms with Crippen LogP contribution in [0.2, 0.25) is 25.7 Å². The normalized spacial score (nSPS) is 23.0. The summed E-state index contributed by atoms with van der Waals surface area (Å²) in [6, 6.07) is 0.835. The molecule has 0 saturated carbocycles. The molecule has 9 nitrogen and oxygen atoms in total. The predicted molar refractivity (Wildman–Crippen MR) is 96.0 cm³/mol. The molecule has 0 aliphatic carbocycles. The molecule has 0 unspecified atom stereocenters. The van der Waals surface area contributed by atoms with Crippen molar-refractivity contribution < 1.29 is 24.1 Å². The summed E-state index contributed by atoms with van der Waals surface area (Å²) in [5.41, 5.74) is -0.732. The highest BCUT2D eigenvalue weighted by molar-refractivity contribution is 6.76. The average Bonchev–Trinajstić information content (AvgIpc) is 2.88. The molecular weight excluding hydrogens is 360 g/mol. The van der Waals surface area contributed by atoms with Gasteiger partial charge in [-0.1, -0.05) is 19.6 Å². The SMILES string of the molecule is Cc1cn([C@H]2C[C@H](O)[C@@H](COC(=O)OCC[Si](C)(C)C)O2)c(=O)[nH]c1=O. The van der Waals surface area contributed by atoms with Crippen molar-refractivity contribution in [2.24, 2.45) is 0 Å². The fourth-order valence-electron chi connectivity index (χ4n) is 2.47. The molecule has 2 N–H and O–H groups in total. The average molecular weight is 386 g/mol. The largest absolute Gasteiger partial charge is 0.508 e. The fourth-order valence-corrected chi connectivity index (χ4v) is 3.18. The van der Waals surface area contributed by atoms with Gasteiger partial charge in [0.25, 0.3) is 5.56 Å². The molecule has 0 spiro atoms. The number of hydrogen-bond acceptors (Lipinski definition) is 7. The molecule has 0 radical (unpaired) electrons. The molecule has 1 saturated heterocycles. The number of aliphatic hydroxyl groups is 1. The lowest BCUT2D eigenvalue weighted by molar-refractivity contribution is -0.0583. The Bertz CT molecular complexity index is 752. The van der Waals surface area contributed by atoms with Crippen molar-refractivity contribution in [3.63, 3.8) is 0 Å². The molecule has 1 aliphatic rings. The number of H-pyrrole nitrogens is 1. The van der Waals surface area contributed by atoms with E-state index in [1.807, 2.05) is 0 Å². The van der Waals surface area contributed by atoms with Gasteiger partial charge in [-0.2, -0.15) is 0 Å². The summed E-state index contributed by atoms with van der Waals surface area (Å²) in [6.07, 6.45) is -1.71. The number of aromatic nitrogens is 2. The van der Waals surface area contributed by atoms with Crippen LogP contribution >= 0.6 is 0 Å². The molecule has 3 atom stereocenters. The number of carbonyl (C=O) groups excluding carboxylic acids is 1. The first-order valence-electron chi connectivity index (χ1n) is 8.52. The van der Waals surface area contributed by atoms with E-state index < -0.39 is 43.9 Å². The summed E-state index contributed by atoms with van der Waals surface area (Å²) < 4.78 is 16.8. The van der Waals surface area contributed by atoms with E-state index in [1.54, 1.807) is 6.92 Å². The lowest BCUT2D eigenvalue weighted by atomic mass is 10.2. The Hall–Kier alpha value is -1.91. The second kappa shape index (κ2) is 8.19. The molecule has 1 aromatic rings. The van der Waals surface area contributed by atoms with Crippen LogP contribution < -0.4 is 11.2 Å². The smallest absolute Gasteiger partial charge is 0.435 e. The standard InChI is InChI=1S/C16H26N2O7Si/c1-10-8-18(15(21)17-14(10)20)13-7-11(19)12(25-13)9-24-16(22)23-5-6-26(2,3)4/h8,11-13,19H,5-7,9H2,1-4H3,(H,17,20,21)/t11-,12+,13+/m0/s1. The van der Waals surface area contributed by atoms with E-state index in [-0.39, 0.29) is 13.0 Å². The number of carbonyl (C=O) groups is 1. The maximum absolute atomic E-state index is 11.9. The molecule has 0 aromatic carbocycles. The van der Waals surface area contributed by atoms with Crippen LogP contribution in [0.3, 0.4) is 0 Å². The number of nitrogens with one attached hydrogen (secondary N) is 1. The Morgan fingerprint density at radius 1 is 1.38 bits per heavy atom. The van der Waals surface area contributed by atoms with Crippen LogP contribution in [0.4, 0.5) is 4.79 Å². The molecular formula is C16H26N2O7Si. The molecule has 1 fully saturated rings.